The van der Waals surface area contributed by atoms with Gasteiger partial charge in [-0.1, -0.05) is 23.2 Å². The quantitative estimate of drug-likeness (QED) is 0.371. The highest BCUT2D eigenvalue weighted by atomic mass is 35.5. The Hall–Kier alpha value is -2.01. The first-order chi connectivity index (χ1) is 15.4. The van der Waals surface area contributed by atoms with Crippen molar-refractivity contribution in [3.63, 3.8) is 0 Å². The molecular weight excluding hydrogens is 441 g/mol. The van der Waals surface area contributed by atoms with E-state index >= 15 is 0 Å². The molecule has 170 valence electrons. The van der Waals surface area contributed by atoms with Gasteiger partial charge in [-0.2, -0.15) is 0 Å². The molecule has 0 amide bonds. The van der Waals surface area contributed by atoms with Crippen molar-refractivity contribution in [2.24, 2.45) is 5.92 Å². The molecule has 0 saturated carbocycles. The smallest absolute Gasteiger partial charge is 0.138 e. The average molecular weight is 472 g/mol. The standard InChI is InChI=1S/C26H31Cl2N3O/c1-17-13-23(32-12-4-5-19-8-10-31(3)11-9-19)6-7-24(17)26-29-18(2)25(30-26)20-14-21(27)16-22(28)15-20/h6-7,13-16,19H,4-5,8-12H2,1-3H3,(H,29,30). The number of aromatic nitrogens is 2. The number of hydrogen-bond acceptors (Lipinski definition) is 3. The first-order valence-corrected chi connectivity index (χ1v) is 12.1. The van der Waals surface area contributed by atoms with E-state index in [4.69, 9.17) is 32.9 Å². The van der Waals surface area contributed by atoms with Gasteiger partial charge >= 0.3 is 0 Å². The maximum Gasteiger partial charge on any atom is 0.138 e. The van der Waals surface area contributed by atoms with Crippen LogP contribution < -0.4 is 4.74 Å². The number of hydrogen-bond donors (Lipinski definition) is 1. The van der Waals surface area contributed by atoms with Gasteiger partial charge in [-0.05, 0) is 108 Å². The van der Waals surface area contributed by atoms with Gasteiger partial charge in [-0.25, -0.2) is 4.98 Å². The topological polar surface area (TPSA) is 41.1 Å². The van der Waals surface area contributed by atoms with E-state index in [9.17, 15) is 0 Å². The molecule has 1 aromatic heterocycles. The van der Waals surface area contributed by atoms with Crippen molar-refractivity contribution in [3.8, 4) is 28.4 Å². The number of nitrogens with zero attached hydrogens (tertiary/aromatic N) is 2. The Labute approximate surface area is 200 Å². The number of aryl methyl sites for hydroxylation is 2. The summed E-state index contributed by atoms with van der Waals surface area (Å²) in [6.45, 7) is 7.33. The highest BCUT2D eigenvalue weighted by Gasteiger charge is 2.16. The summed E-state index contributed by atoms with van der Waals surface area (Å²) in [6.07, 6.45) is 5.00. The zero-order valence-corrected chi connectivity index (χ0v) is 20.6. The summed E-state index contributed by atoms with van der Waals surface area (Å²) in [4.78, 5) is 10.7. The number of aromatic amines is 1. The number of likely N-dealkylation sites (tertiary alicyclic amines) is 1. The van der Waals surface area contributed by atoms with Crippen LogP contribution in [0.25, 0.3) is 22.6 Å². The molecule has 4 rings (SSSR count). The Morgan fingerprint density at radius 2 is 1.78 bits per heavy atom. The molecule has 3 aromatic rings. The fourth-order valence-electron chi connectivity index (χ4n) is 4.46. The van der Waals surface area contributed by atoms with Gasteiger partial charge in [-0.15, -0.1) is 0 Å². The van der Waals surface area contributed by atoms with E-state index in [2.05, 4.69) is 36.0 Å². The van der Waals surface area contributed by atoms with E-state index in [1.54, 1.807) is 6.07 Å². The van der Waals surface area contributed by atoms with Crippen molar-refractivity contribution in [1.82, 2.24) is 14.9 Å². The third kappa shape index (κ3) is 5.67. The molecule has 0 atom stereocenters. The summed E-state index contributed by atoms with van der Waals surface area (Å²) in [5, 5.41) is 1.20. The van der Waals surface area contributed by atoms with Gasteiger partial charge < -0.3 is 14.6 Å². The van der Waals surface area contributed by atoms with Crippen LogP contribution in [0.4, 0.5) is 0 Å². The van der Waals surface area contributed by atoms with Crippen molar-refractivity contribution in [1.29, 1.82) is 0 Å². The van der Waals surface area contributed by atoms with Crippen molar-refractivity contribution in [3.05, 3.63) is 57.7 Å². The molecule has 1 N–H and O–H groups in total. The summed E-state index contributed by atoms with van der Waals surface area (Å²) >= 11 is 12.4. The Kier molecular flexibility index (Phi) is 7.44. The van der Waals surface area contributed by atoms with Gasteiger partial charge in [0.1, 0.15) is 11.6 Å². The first kappa shape index (κ1) is 23.2. The van der Waals surface area contributed by atoms with Crippen LogP contribution >= 0.6 is 23.2 Å². The normalized spacial score (nSPS) is 15.3. The lowest BCUT2D eigenvalue weighted by Gasteiger charge is -2.28. The van der Waals surface area contributed by atoms with Crippen LogP contribution in [-0.2, 0) is 0 Å². The monoisotopic (exact) mass is 471 g/mol. The molecule has 1 aliphatic rings. The van der Waals surface area contributed by atoms with Gasteiger partial charge in [0.2, 0.25) is 0 Å². The lowest BCUT2D eigenvalue weighted by atomic mass is 9.93. The molecule has 0 bridgehead atoms. The largest absolute Gasteiger partial charge is 0.494 e. The number of nitrogens with one attached hydrogen (secondary N) is 1. The Morgan fingerprint density at radius 1 is 1.06 bits per heavy atom. The van der Waals surface area contributed by atoms with Gasteiger partial charge in [0.15, 0.2) is 0 Å². The second-order valence-corrected chi connectivity index (χ2v) is 9.80. The minimum Gasteiger partial charge on any atom is -0.494 e. The zero-order valence-electron chi connectivity index (χ0n) is 19.0. The van der Waals surface area contributed by atoms with Gasteiger partial charge in [0.05, 0.1) is 12.3 Å². The minimum atomic E-state index is 0.602. The number of halogens is 2. The number of H-pyrrole nitrogens is 1. The maximum atomic E-state index is 6.18. The van der Waals surface area contributed by atoms with Crippen molar-refractivity contribution in [2.45, 2.75) is 39.5 Å². The van der Waals surface area contributed by atoms with Crippen LogP contribution in [0.5, 0.6) is 5.75 Å². The van der Waals surface area contributed by atoms with E-state index in [1.165, 1.54) is 32.4 Å². The molecule has 1 aliphatic heterocycles. The highest BCUT2D eigenvalue weighted by molar-refractivity contribution is 6.35. The molecular formula is C26H31Cl2N3O. The lowest BCUT2D eigenvalue weighted by molar-refractivity contribution is 0.200. The SMILES string of the molecule is Cc1cc(OCCCC2CCN(C)CC2)ccc1-c1nc(-c2cc(Cl)cc(Cl)c2)c(C)[nH]1. The van der Waals surface area contributed by atoms with E-state index in [0.29, 0.717) is 10.0 Å². The summed E-state index contributed by atoms with van der Waals surface area (Å²) < 4.78 is 6.04. The molecule has 0 spiro atoms. The Bertz CT molecular complexity index is 1050. The molecule has 1 fully saturated rings. The van der Waals surface area contributed by atoms with Crippen LogP contribution in [0.1, 0.15) is 36.9 Å². The van der Waals surface area contributed by atoms with Crippen LogP contribution in [0, 0.1) is 19.8 Å². The molecule has 0 unspecified atom stereocenters. The summed E-state index contributed by atoms with van der Waals surface area (Å²) in [7, 11) is 2.21. The summed E-state index contributed by atoms with van der Waals surface area (Å²) in [6, 6.07) is 11.7. The average Bonchev–Trinajstić information content (AvgIpc) is 3.13. The third-order valence-electron chi connectivity index (χ3n) is 6.34. The molecule has 2 heterocycles. The van der Waals surface area contributed by atoms with Crippen molar-refractivity contribution in [2.75, 3.05) is 26.7 Å². The third-order valence-corrected chi connectivity index (χ3v) is 6.77. The molecule has 0 radical (unpaired) electrons. The number of piperidine rings is 1. The lowest BCUT2D eigenvalue weighted by Crippen LogP contribution is -2.30. The van der Waals surface area contributed by atoms with E-state index in [-0.39, 0.29) is 0 Å². The fourth-order valence-corrected chi connectivity index (χ4v) is 4.99. The predicted molar refractivity (Wildman–Crippen MR) is 134 cm³/mol. The number of ether oxygens (including phenoxy) is 1. The molecule has 6 heteroatoms. The second-order valence-electron chi connectivity index (χ2n) is 8.93. The minimum absolute atomic E-state index is 0.602. The van der Waals surface area contributed by atoms with Crippen LogP contribution in [0.2, 0.25) is 10.0 Å². The molecule has 1 saturated heterocycles. The highest BCUT2D eigenvalue weighted by Crippen LogP contribution is 2.32. The molecule has 0 aliphatic carbocycles. The van der Waals surface area contributed by atoms with Gasteiger partial charge in [-0.3, -0.25) is 0 Å². The number of imidazole rings is 1. The van der Waals surface area contributed by atoms with Gasteiger partial charge in [0.25, 0.3) is 0 Å². The Morgan fingerprint density at radius 3 is 2.47 bits per heavy atom. The van der Waals surface area contributed by atoms with Crippen LogP contribution in [0.3, 0.4) is 0 Å². The van der Waals surface area contributed by atoms with Crippen LogP contribution in [0.15, 0.2) is 36.4 Å². The maximum absolute atomic E-state index is 6.18. The van der Waals surface area contributed by atoms with Gasteiger partial charge in [0, 0.05) is 26.9 Å². The molecule has 32 heavy (non-hydrogen) atoms. The number of benzene rings is 2. The van der Waals surface area contributed by atoms with E-state index < -0.39 is 0 Å². The van der Waals surface area contributed by atoms with Crippen molar-refractivity contribution < 1.29 is 4.74 Å². The van der Waals surface area contributed by atoms with E-state index in [0.717, 1.165) is 58.6 Å². The fraction of sp³-hybridized carbons (Fsp3) is 0.423. The van der Waals surface area contributed by atoms with Crippen molar-refractivity contribution >= 4 is 23.2 Å². The first-order valence-electron chi connectivity index (χ1n) is 11.3. The summed E-state index contributed by atoms with van der Waals surface area (Å²) in [5.74, 6) is 2.60. The van der Waals surface area contributed by atoms with E-state index in [1.807, 2.05) is 25.1 Å². The van der Waals surface area contributed by atoms with Crippen LogP contribution in [-0.4, -0.2) is 41.6 Å². The predicted octanol–water partition coefficient (Wildman–Crippen LogP) is 7.17. The number of rotatable bonds is 7. The Balaban J connectivity index is 1.39. The molecule has 4 nitrogen and oxygen atoms in total. The zero-order chi connectivity index (χ0) is 22.7. The molecule has 2 aromatic carbocycles. The summed E-state index contributed by atoms with van der Waals surface area (Å²) in [5.41, 5.74) is 4.93. The second kappa shape index (κ2) is 10.3.